The Kier molecular flexibility index (Phi) is 4.68. The molecule has 3 heteroatoms. The summed E-state index contributed by atoms with van der Waals surface area (Å²) in [4.78, 5) is 0. The van der Waals surface area contributed by atoms with Crippen LogP contribution in [-0.4, -0.2) is 6.54 Å². The normalized spacial score (nSPS) is 10.1. The van der Waals surface area contributed by atoms with E-state index in [1.54, 1.807) is 0 Å². The minimum absolute atomic E-state index is 0.780. The predicted molar refractivity (Wildman–Crippen MR) is 71.8 cm³/mol. The third kappa shape index (κ3) is 3.54. The molecule has 0 aliphatic carbocycles. The highest BCUT2D eigenvalue weighted by atomic mass is 79.9. The van der Waals surface area contributed by atoms with Crippen molar-refractivity contribution in [2.45, 2.75) is 20.3 Å². The van der Waals surface area contributed by atoms with Crippen LogP contribution in [0.2, 0.25) is 5.02 Å². The van der Waals surface area contributed by atoms with Gasteiger partial charge in [0.25, 0.3) is 0 Å². The van der Waals surface area contributed by atoms with Gasteiger partial charge in [0.1, 0.15) is 0 Å². The van der Waals surface area contributed by atoms with E-state index >= 15 is 0 Å². The lowest BCUT2D eigenvalue weighted by Crippen LogP contribution is -2.04. The van der Waals surface area contributed by atoms with Gasteiger partial charge in [-0.3, -0.25) is 0 Å². The van der Waals surface area contributed by atoms with Crippen molar-refractivity contribution in [3.05, 3.63) is 39.3 Å². The fraction of sp³-hybridized carbons (Fsp3) is 0.333. The van der Waals surface area contributed by atoms with Crippen molar-refractivity contribution in [1.29, 1.82) is 0 Å². The van der Waals surface area contributed by atoms with Gasteiger partial charge in [-0.25, -0.2) is 0 Å². The largest absolute Gasteiger partial charge is 0.380 e. The number of halogens is 2. The smallest absolute Gasteiger partial charge is 0.0502 e. The molecule has 0 heterocycles. The number of aryl methyl sites for hydroxylation is 1. The minimum atomic E-state index is 0.780. The zero-order valence-electron chi connectivity index (χ0n) is 9.03. The maximum atomic E-state index is 6.05. The maximum absolute atomic E-state index is 6.05. The summed E-state index contributed by atoms with van der Waals surface area (Å²) in [5.74, 6) is 0. The summed E-state index contributed by atoms with van der Waals surface area (Å²) in [5.41, 5.74) is 3.27. The first-order valence-corrected chi connectivity index (χ1v) is 6.07. The Hall–Kier alpha value is -0.470. The second-order valence-electron chi connectivity index (χ2n) is 3.54. The molecule has 0 radical (unpaired) electrons. The summed E-state index contributed by atoms with van der Waals surface area (Å²) >= 11 is 9.55. The van der Waals surface area contributed by atoms with Crippen molar-refractivity contribution >= 4 is 33.2 Å². The molecule has 1 aromatic carbocycles. The molecule has 1 aromatic rings. The molecule has 0 saturated heterocycles. The SMILES string of the molecule is C=C(CC)CNc1cc(Cl)c(C)cc1Br. The highest BCUT2D eigenvalue weighted by Gasteiger charge is 2.03. The number of hydrogen-bond donors (Lipinski definition) is 1. The van der Waals surface area contributed by atoms with E-state index in [1.165, 1.54) is 5.57 Å². The molecular weight excluding hydrogens is 273 g/mol. The lowest BCUT2D eigenvalue weighted by Gasteiger charge is -2.11. The van der Waals surface area contributed by atoms with Crippen molar-refractivity contribution < 1.29 is 0 Å². The van der Waals surface area contributed by atoms with Crippen molar-refractivity contribution in [2.75, 3.05) is 11.9 Å². The molecule has 15 heavy (non-hydrogen) atoms. The molecule has 0 unspecified atom stereocenters. The quantitative estimate of drug-likeness (QED) is 0.786. The van der Waals surface area contributed by atoms with Gasteiger partial charge in [-0.15, -0.1) is 0 Å². The van der Waals surface area contributed by atoms with Crippen LogP contribution >= 0.6 is 27.5 Å². The van der Waals surface area contributed by atoms with E-state index in [4.69, 9.17) is 11.6 Å². The number of rotatable bonds is 4. The summed E-state index contributed by atoms with van der Waals surface area (Å²) in [5, 5.41) is 4.08. The summed E-state index contributed by atoms with van der Waals surface area (Å²) in [7, 11) is 0. The summed E-state index contributed by atoms with van der Waals surface area (Å²) in [6.07, 6.45) is 0.990. The van der Waals surface area contributed by atoms with Crippen molar-refractivity contribution in [1.82, 2.24) is 0 Å². The molecule has 0 atom stereocenters. The van der Waals surface area contributed by atoms with Gasteiger partial charge in [-0.05, 0) is 47.0 Å². The molecule has 0 fully saturated rings. The Bertz CT molecular complexity index is 374. The molecule has 0 spiro atoms. The zero-order valence-corrected chi connectivity index (χ0v) is 11.4. The number of nitrogens with one attached hydrogen (secondary N) is 1. The van der Waals surface area contributed by atoms with E-state index in [0.29, 0.717) is 0 Å². The van der Waals surface area contributed by atoms with Crippen LogP contribution in [0.4, 0.5) is 5.69 Å². The Labute approximate surface area is 105 Å². The molecule has 1 rings (SSSR count). The molecule has 0 saturated carbocycles. The summed E-state index contributed by atoms with van der Waals surface area (Å²) in [6, 6.07) is 3.95. The van der Waals surface area contributed by atoms with E-state index in [1.807, 2.05) is 19.1 Å². The third-order valence-electron chi connectivity index (χ3n) is 2.28. The molecule has 1 nitrogen and oxygen atoms in total. The molecule has 0 amide bonds. The molecule has 0 bridgehead atoms. The van der Waals surface area contributed by atoms with E-state index < -0.39 is 0 Å². The average Bonchev–Trinajstić information content (AvgIpc) is 2.21. The molecule has 0 aliphatic rings. The molecule has 0 aromatic heterocycles. The second kappa shape index (κ2) is 5.57. The van der Waals surface area contributed by atoms with Gasteiger partial charge >= 0.3 is 0 Å². The number of anilines is 1. The van der Waals surface area contributed by atoms with Crippen LogP contribution in [0.15, 0.2) is 28.8 Å². The van der Waals surface area contributed by atoms with E-state index in [-0.39, 0.29) is 0 Å². The Morgan fingerprint density at radius 3 is 2.80 bits per heavy atom. The average molecular weight is 289 g/mol. The standard InChI is InChI=1S/C12H15BrClN/c1-4-8(2)7-15-12-6-11(14)9(3)5-10(12)13/h5-6,15H,2,4,7H2,1,3H3. The highest BCUT2D eigenvalue weighted by Crippen LogP contribution is 2.29. The van der Waals surface area contributed by atoms with Crippen molar-refractivity contribution in [3.8, 4) is 0 Å². The Balaban J connectivity index is 2.77. The van der Waals surface area contributed by atoms with Gasteiger partial charge in [0, 0.05) is 16.0 Å². The van der Waals surface area contributed by atoms with E-state index in [0.717, 1.165) is 33.7 Å². The number of hydrogen-bond acceptors (Lipinski definition) is 1. The van der Waals surface area contributed by atoms with Gasteiger partial charge in [-0.2, -0.15) is 0 Å². The van der Waals surface area contributed by atoms with Crippen LogP contribution in [0.1, 0.15) is 18.9 Å². The van der Waals surface area contributed by atoms with Crippen molar-refractivity contribution in [2.24, 2.45) is 0 Å². The zero-order chi connectivity index (χ0) is 11.4. The Morgan fingerprint density at radius 2 is 2.20 bits per heavy atom. The van der Waals surface area contributed by atoms with Gasteiger partial charge in [0.05, 0.1) is 5.69 Å². The lowest BCUT2D eigenvalue weighted by molar-refractivity contribution is 1.05. The first-order chi connectivity index (χ1) is 7.04. The fourth-order valence-electron chi connectivity index (χ4n) is 1.13. The summed E-state index contributed by atoms with van der Waals surface area (Å²) in [6.45, 7) is 8.82. The topological polar surface area (TPSA) is 12.0 Å². The summed E-state index contributed by atoms with van der Waals surface area (Å²) < 4.78 is 1.04. The van der Waals surface area contributed by atoms with Gasteiger partial charge < -0.3 is 5.32 Å². The fourth-order valence-corrected chi connectivity index (χ4v) is 1.89. The Morgan fingerprint density at radius 1 is 1.53 bits per heavy atom. The first kappa shape index (κ1) is 12.6. The van der Waals surface area contributed by atoms with E-state index in [9.17, 15) is 0 Å². The third-order valence-corrected chi connectivity index (χ3v) is 3.34. The van der Waals surface area contributed by atoms with Crippen LogP contribution in [0.5, 0.6) is 0 Å². The minimum Gasteiger partial charge on any atom is -0.380 e. The van der Waals surface area contributed by atoms with Crippen LogP contribution in [-0.2, 0) is 0 Å². The van der Waals surface area contributed by atoms with Gasteiger partial charge in [0.15, 0.2) is 0 Å². The van der Waals surface area contributed by atoms with Crippen molar-refractivity contribution in [3.63, 3.8) is 0 Å². The highest BCUT2D eigenvalue weighted by molar-refractivity contribution is 9.10. The number of benzene rings is 1. The monoisotopic (exact) mass is 287 g/mol. The first-order valence-electron chi connectivity index (χ1n) is 4.90. The predicted octanol–water partition coefficient (Wildman–Crippen LogP) is 4.79. The molecular formula is C12H15BrClN. The maximum Gasteiger partial charge on any atom is 0.0502 e. The van der Waals surface area contributed by atoms with Crippen LogP contribution in [0, 0.1) is 6.92 Å². The second-order valence-corrected chi connectivity index (χ2v) is 4.80. The van der Waals surface area contributed by atoms with Crippen LogP contribution in [0.3, 0.4) is 0 Å². The van der Waals surface area contributed by atoms with Crippen LogP contribution in [0.25, 0.3) is 0 Å². The van der Waals surface area contributed by atoms with E-state index in [2.05, 4.69) is 34.7 Å². The molecule has 1 N–H and O–H groups in total. The lowest BCUT2D eigenvalue weighted by atomic mass is 10.2. The molecule has 82 valence electrons. The van der Waals surface area contributed by atoms with Crippen LogP contribution < -0.4 is 5.32 Å². The molecule has 0 aliphatic heterocycles. The van der Waals surface area contributed by atoms with Gasteiger partial charge in [-0.1, -0.05) is 30.7 Å². The van der Waals surface area contributed by atoms with Gasteiger partial charge in [0.2, 0.25) is 0 Å².